The van der Waals surface area contributed by atoms with E-state index < -0.39 is 0 Å². The van der Waals surface area contributed by atoms with Crippen LogP contribution in [-0.4, -0.2) is 24.7 Å². The second-order valence-corrected chi connectivity index (χ2v) is 4.82. The van der Waals surface area contributed by atoms with Crippen molar-refractivity contribution in [3.8, 4) is 0 Å². The maximum atomic E-state index is 11.1. The van der Waals surface area contributed by atoms with Crippen LogP contribution in [0.25, 0.3) is 0 Å². The molecular weight excluding hydrogens is 234 g/mol. The lowest BCUT2D eigenvalue weighted by molar-refractivity contribution is -0.130. The molecule has 76 valence electrons. The van der Waals surface area contributed by atoms with Crippen molar-refractivity contribution >= 4 is 21.8 Å². The van der Waals surface area contributed by atoms with E-state index in [1.54, 1.807) is 0 Å². The molecule has 0 heterocycles. The van der Waals surface area contributed by atoms with Gasteiger partial charge in [0.1, 0.15) is 6.61 Å². The third kappa shape index (κ3) is 9.56. The molecule has 13 heavy (non-hydrogen) atoms. The summed E-state index contributed by atoms with van der Waals surface area (Å²) in [6.07, 6.45) is 0. The molecule has 0 rings (SSSR count). The zero-order valence-corrected chi connectivity index (χ0v) is 9.90. The first-order valence-corrected chi connectivity index (χ1v) is 4.84. The summed E-state index contributed by atoms with van der Waals surface area (Å²) in [5.74, 6) is -0.129. The lowest BCUT2D eigenvalue weighted by atomic mass is 10.2. The number of carbonyl (C=O) groups is 1. The second-order valence-electron chi connectivity index (χ2n) is 3.70. The molecule has 0 atom stereocenters. The average molecular weight is 250 g/mol. The Morgan fingerprint density at radius 3 is 2.46 bits per heavy atom. The minimum absolute atomic E-state index is 0.0871. The van der Waals surface area contributed by atoms with Gasteiger partial charge in [0.2, 0.25) is 5.91 Å². The Bertz CT molecular complexity index is 196. The van der Waals surface area contributed by atoms with Crippen molar-refractivity contribution in [2.75, 3.05) is 13.2 Å². The molecule has 0 saturated carbocycles. The fraction of sp³-hybridized carbons (Fsp3) is 0.667. The van der Waals surface area contributed by atoms with Gasteiger partial charge in [0, 0.05) is 11.0 Å². The van der Waals surface area contributed by atoms with E-state index in [0.29, 0.717) is 6.54 Å². The maximum absolute atomic E-state index is 11.1. The smallest absolute Gasteiger partial charge is 0.246 e. The minimum Gasteiger partial charge on any atom is -0.366 e. The predicted molar refractivity (Wildman–Crippen MR) is 56.8 cm³/mol. The van der Waals surface area contributed by atoms with Gasteiger partial charge in [0.05, 0.1) is 5.60 Å². The highest BCUT2D eigenvalue weighted by Gasteiger charge is 2.12. The van der Waals surface area contributed by atoms with Gasteiger partial charge in [-0.15, -0.1) is 0 Å². The lowest BCUT2D eigenvalue weighted by Gasteiger charge is -2.18. The van der Waals surface area contributed by atoms with Gasteiger partial charge in [-0.2, -0.15) is 0 Å². The van der Waals surface area contributed by atoms with Crippen molar-refractivity contribution < 1.29 is 9.53 Å². The van der Waals surface area contributed by atoms with Gasteiger partial charge in [0.25, 0.3) is 0 Å². The maximum Gasteiger partial charge on any atom is 0.246 e. The third-order valence-electron chi connectivity index (χ3n) is 1.11. The molecule has 0 aromatic carbocycles. The fourth-order valence-electron chi connectivity index (χ4n) is 0.528. The molecule has 0 fully saturated rings. The van der Waals surface area contributed by atoms with Crippen LogP contribution in [0.3, 0.4) is 0 Å². The molecule has 3 nitrogen and oxygen atoms in total. The van der Waals surface area contributed by atoms with Gasteiger partial charge >= 0.3 is 0 Å². The number of halogens is 1. The molecule has 0 saturated heterocycles. The summed E-state index contributed by atoms with van der Waals surface area (Å²) in [5, 5.41) is 2.64. The van der Waals surface area contributed by atoms with E-state index in [1.165, 1.54) is 0 Å². The van der Waals surface area contributed by atoms with Crippen LogP contribution in [-0.2, 0) is 9.53 Å². The van der Waals surface area contributed by atoms with E-state index in [1.807, 2.05) is 20.8 Å². The van der Waals surface area contributed by atoms with Crippen LogP contribution < -0.4 is 5.32 Å². The third-order valence-corrected chi connectivity index (χ3v) is 1.39. The van der Waals surface area contributed by atoms with Crippen LogP contribution in [0, 0.1) is 0 Å². The molecule has 0 aromatic rings. The van der Waals surface area contributed by atoms with Crippen LogP contribution in [0.2, 0.25) is 0 Å². The van der Waals surface area contributed by atoms with E-state index in [4.69, 9.17) is 4.74 Å². The largest absolute Gasteiger partial charge is 0.366 e. The number of hydrogen-bond acceptors (Lipinski definition) is 2. The summed E-state index contributed by atoms with van der Waals surface area (Å²) in [7, 11) is 0. The van der Waals surface area contributed by atoms with Gasteiger partial charge in [0.15, 0.2) is 0 Å². The average Bonchev–Trinajstić information content (AvgIpc) is 1.95. The van der Waals surface area contributed by atoms with Crippen molar-refractivity contribution in [3.63, 3.8) is 0 Å². The van der Waals surface area contributed by atoms with E-state index >= 15 is 0 Å². The van der Waals surface area contributed by atoms with Crippen molar-refractivity contribution in [2.24, 2.45) is 0 Å². The van der Waals surface area contributed by atoms with Gasteiger partial charge in [-0.25, -0.2) is 0 Å². The van der Waals surface area contributed by atoms with E-state index in [9.17, 15) is 4.79 Å². The second kappa shape index (κ2) is 5.40. The standard InChI is InChI=1S/C9H16BrNO2/c1-7(10)5-11-8(12)6-13-9(2,3)4/h1,5-6H2,2-4H3,(H,11,12). The monoisotopic (exact) mass is 249 g/mol. The van der Waals surface area contributed by atoms with Crippen molar-refractivity contribution in [1.82, 2.24) is 5.32 Å². The van der Waals surface area contributed by atoms with Gasteiger partial charge in [-0.3, -0.25) is 4.79 Å². The highest BCUT2D eigenvalue weighted by molar-refractivity contribution is 9.11. The Labute approximate surface area is 87.7 Å². The number of ether oxygens (including phenoxy) is 1. The van der Waals surface area contributed by atoms with Gasteiger partial charge in [-0.05, 0) is 20.8 Å². The van der Waals surface area contributed by atoms with E-state index in [2.05, 4.69) is 27.8 Å². The summed E-state index contributed by atoms with van der Waals surface area (Å²) >= 11 is 3.14. The number of carbonyl (C=O) groups excluding carboxylic acids is 1. The van der Waals surface area contributed by atoms with Gasteiger partial charge < -0.3 is 10.1 Å². The molecule has 1 amide bonds. The van der Waals surface area contributed by atoms with Gasteiger partial charge in [-0.1, -0.05) is 22.5 Å². The van der Waals surface area contributed by atoms with Crippen LogP contribution in [0.5, 0.6) is 0 Å². The Kier molecular flexibility index (Phi) is 5.25. The molecule has 0 radical (unpaired) electrons. The van der Waals surface area contributed by atoms with Crippen LogP contribution in [0.4, 0.5) is 0 Å². The quantitative estimate of drug-likeness (QED) is 0.826. The highest BCUT2D eigenvalue weighted by Crippen LogP contribution is 2.05. The fourth-order valence-corrected chi connectivity index (χ4v) is 0.668. The Morgan fingerprint density at radius 2 is 2.08 bits per heavy atom. The summed E-state index contributed by atoms with van der Waals surface area (Å²) in [4.78, 5) is 11.1. The van der Waals surface area contributed by atoms with Crippen molar-refractivity contribution in [1.29, 1.82) is 0 Å². The van der Waals surface area contributed by atoms with E-state index in [-0.39, 0.29) is 18.1 Å². The van der Waals surface area contributed by atoms with Crippen LogP contribution in [0.15, 0.2) is 11.1 Å². The molecule has 4 heteroatoms. The Hall–Kier alpha value is -0.350. The van der Waals surface area contributed by atoms with Crippen molar-refractivity contribution in [2.45, 2.75) is 26.4 Å². The summed E-state index contributed by atoms with van der Waals surface area (Å²) in [5.41, 5.74) is -0.275. The number of nitrogens with one attached hydrogen (secondary N) is 1. The summed E-state index contributed by atoms with van der Waals surface area (Å²) in [6.45, 7) is 9.84. The zero-order valence-electron chi connectivity index (χ0n) is 8.32. The molecule has 0 spiro atoms. The van der Waals surface area contributed by atoms with Crippen LogP contribution in [0.1, 0.15) is 20.8 Å². The SMILES string of the molecule is C=C(Br)CNC(=O)COC(C)(C)C. The molecular formula is C9H16BrNO2. The number of amides is 1. The highest BCUT2D eigenvalue weighted by atomic mass is 79.9. The molecule has 0 aliphatic heterocycles. The lowest BCUT2D eigenvalue weighted by Crippen LogP contribution is -2.32. The summed E-state index contributed by atoms with van der Waals surface area (Å²) < 4.78 is 6.01. The first kappa shape index (κ1) is 12.7. The first-order chi connectivity index (χ1) is 5.81. The first-order valence-electron chi connectivity index (χ1n) is 4.05. The molecule has 0 unspecified atom stereocenters. The molecule has 0 aromatic heterocycles. The topological polar surface area (TPSA) is 38.3 Å². The molecule has 1 N–H and O–H groups in total. The molecule has 0 aliphatic carbocycles. The summed E-state index contributed by atoms with van der Waals surface area (Å²) in [6, 6.07) is 0. The normalized spacial score (nSPS) is 11.1. The molecule has 0 aliphatic rings. The van der Waals surface area contributed by atoms with Crippen LogP contribution >= 0.6 is 15.9 Å². The zero-order chi connectivity index (χ0) is 10.5. The molecule has 0 bridgehead atoms. The number of hydrogen-bond donors (Lipinski definition) is 1. The predicted octanol–water partition coefficient (Wildman–Crippen LogP) is 1.83. The number of rotatable bonds is 4. The Balaban J connectivity index is 3.58. The van der Waals surface area contributed by atoms with E-state index in [0.717, 1.165) is 4.48 Å². The Morgan fingerprint density at radius 1 is 1.54 bits per heavy atom. The van der Waals surface area contributed by atoms with Crippen molar-refractivity contribution in [3.05, 3.63) is 11.1 Å². The minimum atomic E-state index is -0.275.